The third-order valence-corrected chi connectivity index (χ3v) is 4.06. The number of hydrogen-bond acceptors (Lipinski definition) is 3. The van der Waals surface area contributed by atoms with Crippen LogP contribution in [0.15, 0.2) is 22.9 Å². The van der Waals surface area contributed by atoms with Gasteiger partial charge in [0.1, 0.15) is 0 Å². The molecule has 4 heteroatoms. The van der Waals surface area contributed by atoms with Crippen LogP contribution in [0.25, 0.3) is 0 Å². The molecule has 17 heavy (non-hydrogen) atoms. The number of aliphatic hydroxyl groups is 1. The Balaban J connectivity index is 1.95. The van der Waals surface area contributed by atoms with E-state index in [1.165, 1.54) is 19.3 Å². The second kappa shape index (κ2) is 5.83. The lowest BCUT2D eigenvalue weighted by molar-refractivity contribution is 0.0944. The number of nitrogens with zero attached hydrogens (tertiary/aromatic N) is 1. The summed E-state index contributed by atoms with van der Waals surface area (Å²) in [6, 6.07) is 2.01. The first-order chi connectivity index (χ1) is 8.24. The molecule has 0 radical (unpaired) electrons. The molecule has 1 saturated carbocycles. The maximum Gasteiger partial charge on any atom is 0.0538 e. The average Bonchev–Trinajstić information content (AvgIpc) is 2.38. The Morgan fingerprint density at radius 1 is 1.29 bits per heavy atom. The third-order valence-electron chi connectivity index (χ3n) is 3.62. The third kappa shape index (κ3) is 3.42. The van der Waals surface area contributed by atoms with Crippen molar-refractivity contribution >= 4 is 21.6 Å². The lowest BCUT2D eigenvalue weighted by atomic mass is 9.74. The topological polar surface area (TPSA) is 45.1 Å². The van der Waals surface area contributed by atoms with Gasteiger partial charge in [0, 0.05) is 22.6 Å². The monoisotopic (exact) mass is 298 g/mol. The van der Waals surface area contributed by atoms with Gasteiger partial charge in [-0.25, -0.2) is 0 Å². The zero-order chi connectivity index (χ0) is 12.1. The first kappa shape index (κ1) is 12.8. The number of hydrogen-bond donors (Lipinski definition) is 2. The summed E-state index contributed by atoms with van der Waals surface area (Å²) in [7, 11) is 0. The van der Waals surface area contributed by atoms with Crippen LogP contribution in [0.2, 0.25) is 0 Å². The molecule has 0 aliphatic heterocycles. The largest absolute Gasteiger partial charge is 0.396 e. The van der Waals surface area contributed by atoms with Gasteiger partial charge in [0.15, 0.2) is 0 Å². The molecule has 0 amide bonds. The lowest BCUT2D eigenvalue weighted by Gasteiger charge is -2.36. The van der Waals surface area contributed by atoms with E-state index in [4.69, 9.17) is 0 Å². The number of halogens is 1. The summed E-state index contributed by atoms with van der Waals surface area (Å²) < 4.78 is 0.976. The number of aromatic nitrogens is 1. The van der Waals surface area contributed by atoms with E-state index in [0.29, 0.717) is 0 Å². The molecule has 0 aromatic carbocycles. The molecule has 0 bridgehead atoms. The fraction of sp³-hybridized carbons (Fsp3) is 0.615. The zero-order valence-electron chi connectivity index (χ0n) is 9.95. The normalized spacial score (nSPS) is 18.9. The number of pyridine rings is 1. The minimum absolute atomic E-state index is 0.0700. The summed E-state index contributed by atoms with van der Waals surface area (Å²) in [6.45, 7) is 1.11. The van der Waals surface area contributed by atoms with Crippen LogP contribution < -0.4 is 5.32 Å². The Hall–Kier alpha value is -0.610. The number of nitrogens with one attached hydrogen (secondary N) is 1. The summed E-state index contributed by atoms with van der Waals surface area (Å²) in [5, 5.41) is 13.0. The molecule has 0 saturated heterocycles. The molecule has 1 aliphatic carbocycles. The number of aliphatic hydroxyl groups excluding tert-OH is 1. The molecule has 2 rings (SSSR count). The molecule has 1 heterocycles. The Bertz CT molecular complexity index is 364. The minimum atomic E-state index is 0.0700. The highest BCUT2D eigenvalue weighted by Crippen LogP contribution is 2.36. The standard InChI is InChI=1S/C13H19BrN2O/c14-11-6-12(8-15-7-11)16-9-13(10-17)4-2-1-3-5-13/h6-8,16-17H,1-5,9-10H2. The van der Waals surface area contributed by atoms with Crippen molar-refractivity contribution in [3.8, 4) is 0 Å². The average molecular weight is 299 g/mol. The maximum absolute atomic E-state index is 9.61. The molecule has 3 nitrogen and oxygen atoms in total. The highest BCUT2D eigenvalue weighted by atomic mass is 79.9. The van der Waals surface area contributed by atoms with Crippen LogP contribution in [-0.4, -0.2) is 23.2 Å². The molecule has 0 atom stereocenters. The van der Waals surface area contributed by atoms with E-state index in [-0.39, 0.29) is 12.0 Å². The summed E-state index contributed by atoms with van der Waals surface area (Å²) >= 11 is 3.41. The van der Waals surface area contributed by atoms with E-state index in [0.717, 1.165) is 29.5 Å². The van der Waals surface area contributed by atoms with Crippen molar-refractivity contribution < 1.29 is 5.11 Å². The van der Waals surface area contributed by atoms with Crippen molar-refractivity contribution in [1.29, 1.82) is 0 Å². The minimum Gasteiger partial charge on any atom is -0.396 e. The van der Waals surface area contributed by atoms with Crippen molar-refractivity contribution in [2.24, 2.45) is 5.41 Å². The fourth-order valence-electron chi connectivity index (χ4n) is 2.49. The van der Waals surface area contributed by atoms with E-state index in [1.54, 1.807) is 6.20 Å². The number of anilines is 1. The highest BCUT2D eigenvalue weighted by molar-refractivity contribution is 9.10. The van der Waals surface area contributed by atoms with E-state index in [9.17, 15) is 5.11 Å². The van der Waals surface area contributed by atoms with Crippen LogP contribution in [0.4, 0.5) is 5.69 Å². The molecule has 94 valence electrons. The van der Waals surface area contributed by atoms with Crippen LogP contribution in [0, 0.1) is 5.41 Å². The lowest BCUT2D eigenvalue weighted by Crippen LogP contribution is -2.35. The molecule has 0 spiro atoms. The molecule has 1 aromatic rings. The van der Waals surface area contributed by atoms with Crippen LogP contribution in [0.5, 0.6) is 0 Å². The molecule has 1 fully saturated rings. The van der Waals surface area contributed by atoms with Crippen molar-refractivity contribution in [3.63, 3.8) is 0 Å². The van der Waals surface area contributed by atoms with Gasteiger partial charge in [-0.15, -0.1) is 0 Å². The smallest absolute Gasteiger partial charge is 0.0538 e. The van der Waals surface area contributed by atoms with Gasteiger partial charge in [0.2, 0.25) is 0 Å². The Morgan fingerprint density at radius 3 is 2.71 bits per heavy atom. The van der Waals surface area contributed by atoms with Gasteiger partial charge in [0.25, 0.3) is 0 Å². The maximum atomic E-state index is 9.61. The van der Waals surface area contributed by atoms with Crippen molar-refractivity contribution in [2.75, 3.05) is 18.5 Å². The van der Waals surface area contributed by atoms with Gasteiger partial charge in [-0.2, -0.15) is 0 Å². The summed E-state index contributed by atoms with van der Waals surface area (Å²) in [5.41, 5.74) is 1.08. The Labute approximate surface area is 111 Å². The van der Waals surface area contributed by atoms with E-state index < -0.39 is 0 Å². The van der Waals surface area contributed by atoms with Gasteiger partial charge in [-0.05, 0) is 34.8 Å². The second-order valence-electron chi connectivity index (χ2n) is 4.96. The fourth-order valence-corrected chi connectivity index (χ4v) is 2.86. The number of rotatable bonds is 4. The zero-order valence-corrected chi connectivity index (χ0v) is 11.5. The van der Waals surface area contributed by atoms with Gasteiger partial charge in [0.05, 0.1) is 18.5 Å². The first-order valence-corrected chi connectivity index (χ1v) is 6.99. The van der Waals surface area contributed by atoms with E-state index in [1.807, 2.05) is 12.3 Å². The predicted octanol–water partition coefficient (Wildman–Crippen LogP) is 3.20. The predicted molar refractivity (Wildman–Crippen MR) is 73.0 cm³/mol. The second-order valence-corrected chi connectivity index (χ2v) is 5.88. The Kier molecular flexibility index (Phi) is 4.40. The van der Waals surface area contributed by atoms with Gasteiger partial charge >= 0.3 is 0 Å². The van der Waals surface area contributed by atoms with Crippen LogP contribution in [0.3, 0.4) is 0 Å². The van der Waals surface area contributed by atoms with Crippen LogP contribution in [0.1, 0.15) is 32.1 Å². The molecule has 0 unspecified atom stereocenters. The summed E-state index contributed by atoms with van der Waals surface area (Å²) in [5.74, 6) is 0. The van der Waals surface area contributed by atoms with Crippen LogP contribution in [-0.2, 0) is 0 Å². The first-order valence-electron chi connectivity index (χ1n) is 6.19. The molecular weight excluding hydrogens is 280 g/mol. The van der Waals surface area contributed by atoms with Crippen molar-refractivity contribution in [3.05, 3.63) is 22.9 Å². The van der Waals surface area contributed by atoms with E-state index in [2.05, 4.69) is 26.2 Å². The van der Waals surface area contributed by atoms with Gasteiger partial charge in [-0.1, -0.05) is 19.3 Å². The highest BCUT2D eigenvalue weighted by Gasteiger charge is 2.31. The van der Waals surface area contributed by atoms with Crippen molar-refractivity contribution in [2.45, 2.75) is 32.1 Å². The molecular formula is C13H19BrN2O. The molecule has 1 aliphatic rings. The van der Waals surface area contributed by atoms with Gasteiger partial charge in [-0.3, -0.25) is 4.98 Å². The molecule has 2 N–H and O–H groups in total. The quantitative estimate of drug-likeness (QED) is 0.897. The van der Waals surface area contributed by atoms with Gasteiger partial charge < -0.3 is 10.4 Å². The van der Waals surface area contributed by atoms with Crippen molar-refractivity contribution in [1.82, 2.24) is 4.98 Å². The summed E-state index contributed by atoms with van der Waals surface area (Å²) in [4.78, 5) is 4.12. The van der Waals surface area contributed by atoms with Crippen LogP contribution >= 0.6 is 15.9 Å². The summed E-state index contributed by atoms with van der Waals surface area (Å²) in [6.07, 6.45) is 9.61. The van der Waals surface area contributed by atoms with E-state index >= 15 is 0 Å². The Morgan fingerprint density at radius 2 is 2.06 bits per heavy atom. The SMILES string of the molecule is OCC1(CNc2cncc(Br)c2)CCCCC1. The molecule has 1 aromatic heterocycles.